The van der Waals surface area contributed by atoms with Gasteiger partial charge in [0.25, 0.3) is 6.47 Å². The molecule has 168 valence electrons. The molecule has 4 aromatic rings. The van der Waals surface area contributed by atoms with Gasteiger partial charge in [0.15, 0.2) is 0 Å². The van der Waals surface area contributed by atoms with E-state index in [-0.39, 0.29) is 12.4 Å². The second-order valence-electron chi connectivity index (χ2n) is 7.27. The Morgan fingerprint density at radius 2 is 1.91 bits per heavy atom. The standard InChI is InChI=1S/C25H23N3O2.CH2O2/c1-17-12-23(28-24-13-18(9-10-22(17)24)14-25(29)26-2)19-6-5-8-21(15-19)30-16-20-7-3-4-11-27-20;2-1-3/h3-13,15H,14,16H2,1-2H3,(H,26,29);1H,(H,2,3). The molecule has 0 aliphatic heterocycles. The number of pyridine rings is 2. The first kappa shape index (κ1) is 23.4. The predicted molar refractivity (Wildman–Crippen MR) is 127 cm³/mol. The first-order valence-electron chi connectivity index (χ1n) is 10.4. The van der Waals surface area contributed by atoms with Crippen molar-refractivity contribution in [2.45, 2.75) is 20.0 Å². The lowest BCUT2D eigenvalue weighted by Crippen LogP contribution is -2.19. The summed E-state index contributed by atoms with van der Waals surface area (Å²) in [7, 11) is 1.65. The molecule has 0 bridgehead atoms. The molecule has 7 nitrogen and oxygen atoms in total. The Morgan fingerprint density at radius 3 is 2.64 bits per heavy atom. The molecule has 0 atom stereocenters. The highest BCUT2D eigenvalue weighted by atomic mass is 16.5. The van der Waals surface area contributed by atoms with Crippen LogP contribution in [0.25, 0.3) is 22.2 Å². The number of nitrogens with zero attached hydrogens (tertiary/aromatic N) is 2. The second-order valence-corrected chi connectivity index (χ2v) is 7.27. The summed E-state index contributed by atoms with van der Waals surface area (Å²) in [6.07, 6.45) is 2.10. The number of fused-ring (bicyclic) bond motifs is 1. The number of aryl methyl sites for hydroxylation is 1. The molecule has 1 amide bonds. The molecular weight excluding hydrogens is 418 g/mol. The van der Waals surface area contributed by atoms with Crippen LogP contribution in [0.1, 0.15) is 16.8 Å². The molecule has 0 radical (unpaired) electrons. The maximum atomic E-state index is 11.7. The average Bonchev–Trinajstić information content (AvgIpc) is 2.84. The summed E-state index contributed by atoms with van der Waals surface area (Å²) in [5.74, 6) is 0.756. The lowest BCUT2D eigenvalue weighted by atomic mass is 10.0. The van der Waals surface area contributed by atoms with Crippen LogP contribution in [-0.2, 0) is 22.6 Å². The zero-order chi connectivity index (χ0) is 23.6. The molecule has 2 aromatic heterocycles. The van der Waals surface area contributed by atoms with E-state index in [0.717, 1.165) is 44.7 Å². The van der Waals surface area contributed by atoms with E-state index < -0.39 is 0 Å². The number of amides is 1. The fourth-order valence-electron chi connectivity index (χ4n) is 3.37. The average molecular weight is 444 g/mol. The number of carbonyl (C=O) groups excluding carboxylic acids is 1. The lowest BCUT2D eigenvalue weighted by Gasteiger charge is -2.10. The largest absolute Gasteiger partial charge is 0.487 e. The quantitative estimate of drug-likeness (QED) is 0.434. The van der Waals surface area contributed by atoms with Crippen LogP contribution >= 0.6 is 0 Å². The van der Waals surface area contributed by atoms with Gasteiger partial charge in [-0.2, -0.15) is 0 Å². The van der Waals surface area contributed by atoms with E-state index in [4.69, 9.17) is 19.6 Å². The third-order valence-electron chi connectivity index (χ3n) is 4.97. The number of carboxylic acid groups (broad SMARTS) is 1. The van der Waals surface area contributed by atoms with Crippen molar-refractivity contribution in [3.05, 3.63) is 89.7 Å². The predicted octanol–water partition coefficient (Wildman–Crippen LogP) is 4.17. The van der Waals surface area contributed by atoms with E-state index >= 15 is 0 Å². The number of nitrogens with one attached hydrogen (secondary N) is 1. The van der Waals surface area contributed by atoms with Crippen molar-refractivity contribution in [1.29, 1.82) is 0 Å². The van der Waals surface area contributed by atoms with Crippen LogP contribution in [0.4, 0.5) is 0 Å². The molecule has 0 spiro atoms. The Hall–Kier alpha value is -4.26. The fourth-order valence-corrected chi connectivity index (χ4v) is 3.37. The van der Waals surface area contributed by atoms with Crippen LogP contribution in [0.3, 0.4) is 0 Å². The lowest BCUT2D eigenvalue weighted by molar-refractivity contribution is -0.123. The van der Waals surface area contributed by atoms with Crippen molar-refractivity contribution in [1.82, 2.24) is 15.3 Å². The summed E-state index contributed by atoms with van der Waals surface area (Å²) < 4.78 is 5.91. The molecule has 0 fully saturated rings. The van der Waals surface area contributed by atoms with Gasteiger partial charge in [-0.1, -0.05) is 30.3 Å². The second kappa shape index (κ2) is 11.4. The van der Waals surface area contributed by atoms with Gasteiger partial charge >= 0.3 is 0 Å². The third kappa shape index (κ3) is 6.36. The molecule has 0 saturated heterocycles. The van der Waals surface area contributed by atoms with E-state index in [1.807, 2.05) is 60.7 Å². The summed E-state index contributed by atoms with van der Waals surface area (Å²) in [4.78, 5) is 29.2. The number of likely N-dealkylation sites (N-methyl/N-ethyl adjacent to an activating group) is 1. The first-order valence-corrected chi connectivity index (χ1v) is 10.4. The van der Waals surface area contributed by atoms with Crippen molar-refractivity contribution in [3.63, 3.8) is 0 Å². The van der Waals surface area contributed by atoms with Gasteiger partial charge in [-0.15, -0.1) is 0 Å². The minimum atomic E-state index is -0.250. The number of rotatable bonds is 6. The van der Waals surface area contributed by atoms with Crippen molar-refractivity contribution in [3.8, 4) is 17.0 Å². The zero-order valence-corrected chi connectivity index (χ0v) is 18.5. The summed E-state index contributed by atoms with van der Waals surface area (Å²) >= 11 is 0. The fraction of sp³-hybridized carbons (Fsp3) is 0.154. The van der Waals surface area contributed by atoms with Gasteiger partial charge in [-0.25, -0.2) is 4.98 Å². The van der Waals surface area contributed by atoms with Crippen molar-refractivity contribution in [2.24, 2.45) is 0 Å². The maximum Gasteiger partial charge on any atom is 0.290 e. The highest BCUT2D eigenvalue weighted by molar-refractivity contribution is 5.87. The van der Waals surface area contributed by atoms with Gasteiger partial charge in [0, 0.05) is 24.2 Å². The molecule has 7 heteroatoms. The number of carbonyl (C=O) groups is 2. The van der Waals surface area contributed by atoms with Gasteiger partial charge in [-0.3, -0.25) is 14.6 Å². The van der Waals surface area contributed by atoms with Crippen molar-refractivity contribution >= 4 is 23.3 Å². The molecular formula is C26H25N3O4. The first-order chi connectivity index (χ1) is 16.0. The Balaban J connectivity index is 0.000000968. The van der Waals surface area contributed by atoms with E-state index in [2.05, 4.69) is 23.3 Å². The Morgan fingerprint density at radius 1 is 1.09 bits per heavy atom. The summed E-state index contributed by atoms with van der Waals surface area (Å²) in [5.41, 5.74) is 5.70. The molecule has 33 heavy (non-hydrogen) atoms. The van der Waals surface area contributed by atoms with E-state index in [1.165, 1.54) is 0 Å². The molecule has 0 aliphatic rings. The number of hydrogen-bond donors (Lipinski definition) is 2. The number of aromatic nitrogens is 2. The summed E-state index contributed by atoms with van der Waals surface area (Å²) in [5, 5.41) is 10.6. The molecule has 0 aliphatic carbocycles. The molecule has 0 saturated carbocycles. The number of benzene rings is 2. The van der Waals surface area contributed by atoms with Gasteiger partial charge in [0.1, 0.15) is 12.4 Å². The minimum Gasteiger partial charge on any atom is -0.487 e. The van der Waals surface area contributed by atoms with Crippen molar-refractivity contribution < 1.29 is 19.4 Å². The molecule has 2 heterocycles. The number of hydrogen-bond acceptors (Lipinski definition) is 5. The van der Waals surface area contributed by atoms with Crippen LogP contribution in [0, 0.1) is 6.92 Å². The van der Waals surface area contributed by atoms with Crippen LogP contribution in [0.15, 0.2) is 72.9 Å². The number of ether oxygens (including phenoxy) is 1. The van der Waals surface area contributed by atoms with E-state index in [0.29, 0.717) is 13.0 Å². The van der Waals surface area contributed by atoms with Crippen LogP contribution in [-0.4, -0.2) is 34.5 Å². The van der Waals surface area contributed by atoms with Gasteiger partial charge in [0.05, 0.1) is 23.3 Å². The van der Waals surface area contributed by atoms with Gasteiger partial charge in [-0.05, 0) is 54.4 Å². The molecule has 4 rings (SSSR count). The SMILES string of the molecule is CNC(=O)Cc1ccc2c(C)cc(-c3cccc(OCc4ccccn4)c3)nc2c1.O=CO. The minimum absolute atomic E-state index is 0.0139. The van der Waals surface area contributed by atoms with E-state index in [9.17, 15) is 4.79 Å². The molecule has 2 N–H and O–H groups in total. The maximum absolute atomic E-state index is 11.7. The van der Waals surface area contributed by atoms with Crippen molar-refractivity contribution in [2.75, 3.05) is 7.05 Å². The Labute approximate surface area is 192 Å². The normalized spacial score (nSPS) is 10.1. The highest BCUT2D eigenvalue weighted by Gasteiger charge is 2.09. The van der Waals surface area contributed by atoms with E-state index in [1.54, 1.807) is 13.2 Å². The van der Waals surface area contributed by atoms with Crippen LogP contribution in [0.2, 0.25) is 0 Å². The summed E-state index contributed by atoms with van der Waals surface area (Å²) in [6, 6.07) is 21.8. The topological polar surface area (TPSA) is 101 Å². The van der Waals surface area contributed by atoms with Gasteiger partial charge < -0.3 is 15.2 Å². The zero-order valence-electron chi connectivity index (χ0n) is 18.5. The molecule has 0 unspecified atom stereocenters. The monoisotopic (exact) mass is 443 g/mol. The van der Waals surface area contributed by atoms with Gasteiger partial charge in [0.2, 0.25) is 5.91 Å². The Kier molecular flexibility index (Phi) is 8.07. The molecule has 2 aromatic carbocycles. The third-order valence-corrected chi connectivity index (χ3v) is 4.97. The highest BCUT2D eigenvalue weighted by Crippen LogP contribution is 2.27. The smallest absolute Gasteiger partial charge is 0.290 e. The summed E-state index contributed by atoms with van der Waals surface area (Å²) in [6.45, 7) is 2.24. The Bertz CT molecular complexity index is 1240. The van der Waals surface area contributed by atoms with Crippen LogP contribution in [0.5, 0.6) is 5.75 Å². The van der Waals surface area contributed by atoms with Crippen LogP contribution < -0.4 is 10.1 Å².